The molecule has 0 spiro atoms. The van der Waals surface area contributed by atoms with Crippen LogP contribution in [0.4, 0.5) is 0 Å². The largest absolute Gasteiger partial charge is 0.484 e. The number of carbonyl (C=O) groups excluding carboxylic acids is 2. The summed E-state index contributed by atoms with van der Waals surface area (Å²) in [5, 5.41) is 3.65. The summed E-state index contributed by atoms with van der Waals surface area (Å²) in [7, 11) is -10.3. The first kappa shape index (κ1) is 50.9. The van der Waals surface area contributed by atoms with E-state index < -0.39 is 71.1 Å². The molecule has 3 unspecified atom stereocenters. The highest BCUT2D eigenvalue weighted by Crippen LogP contribution is 2.64. The molecule has 61 heavy (non-hydrogen) atoms. The molecular formula is C39H56N6O14P2. The molecule has 2 heterocycles. The van der Waals surface area contributed by atoms with Gasteiger partial charge in [0, 0.05) is 35.9 Å². The lowest BCUT2D eigenvalue weighted by Gasteiger charge is -2.22. The van der Waals surface area contributed by atoms with Crippen LogP contribution in [0.3, 0.4) is 0 Å². The van der Waals surface area contributed by atoms with E-state index in [-0.39, 0.29) is 48.4 Å². The van der Waals surface area contributed by atoms with Crippen LogP contribution in [0.5, 0.6) is 11.5 Å². The second-order valence-corrected chi connectivity index (χ2v) is 17.4. The molecule has 2 aromatic carbocycles. The molecule has 1 fully saturated rings. The zero-order valence-corrected chi connectivity index (χ0v) is 36.5. The number of aromatic nitrogens is 2. The molecule has 20 nitrogen and oxygen atoms in total. The molecule has 0 amide bonds. The zero-order chi connectivity index (χ0) is 43.5. The lowest BCUT2D eigenvalue weighted by Crippen LogP contribution is -2.33. The van der Waals surface area contributed by atoms with E-state index >= 15 is 0 Å². The van der Waals surface area contributed by atoms with Crippen molar-refractivity contribution in [3.63, 3.8) is 0 Å². The van der Waals surface area contributed by atoms with Crippen molar-refractivity contribution in [2.75, 3.05) is 6.61 Å². The van der Waals surface area contributed by atoms with E-state index in [2.05, 4.69) is 21.9 Å². The molecule has 0 saturated carbocycles. The monoisotopic (exact) mass is 894 g/mol. The number of phosphoric acid groups is 2. The second kappa shape index (κ2) is 25.5. The lowest BCUT2D eigenvalue weighted by molar-refractivity contribution is -0.135. The fourth-order valence-corrected chi connectivity index (χ4v) is 8.55. The Morgan fingerprint density at radius 3 is 1.92 bits per heavy atom. The van der Waals surface area contributed by atoms with Gasteiger partial charge in [-0.2, -0.15) is 4.31 Å². The van der Waals surface area contributed by atoms with Crippen LogP contribution in [0.1, 0.15) is 114 Å². The molecular weight excluding hydrogens is 838 g/mol. The molecule has 1 aliphatic rings. The number of nitrogens with one attached hydrogen (secondary N) is 1. The summed E-state index contributed by atoms with van der Waals surface area (Å²) in [4.78, 5) is 64.4. The summed E-state index contributed by atoms with van der Waals surface area (Å²) in [6.07, 6.45) is 8.45. The molecule has 22 heteroatoms. The first-order chi connectivity index (χ1) is 28.7. The number of azide groups is 1. The number of ether oxygens (including phenoxy) is 3. The van der Waals surface area contributed by atoms with Crippen LogP contribution in [-0.4, -0.2) is 45.1 Å². The van der Waals surface area contributed by atoms with Gasteiger partial charge in [0.15, 0.2) is 0 Å². The van der Waals surface area contributed by atoms with E-state index in [0.717, 1.165) is 36.7 Å². The quantitative estimate of drug-likeness (QED) is 0.0129. The van der Waals surface area contributed by atoms with Gasteiger partial charge in [0.05, 0.1) is 32.0 Å². The number of aromatic amines is 1. The van der Waals surface area contributed by atoms with E-state index in [1.54, 1.807) is 0 Å². The molecule has 3 aromatic rings. The second-order valence-electron chi connectivity index (χ2n) is 14.2. The highest BCUT2D eigenvalue weighted by atomic mass is 31.3. The summed E-state index contributed by atoms with van der Waals surface area (Å²) in [6, 6.07) is 11.2. The van der Waals surface area contributed by atoms with E-state index in [0.29, 0.717) is 17.5 Å². The summed E-state index contributed by atoms with van der Waals surface area (Å²) in [5.74, 6) is -0.215. The minimum atomic E-state index is -5.31. The maximum absolute atomic E-state index is 14.0. The number of esters is 2. The van der Waals surface area contributed by atoms with Gasteiger partial charge in [0.1, 0.15) is 17.7 Å². The standard InChI is InChI=1S/C39H53N5O14P2.H3N/c1-4-6-8-9-10-11-12-14-37(46)56-32-21-17-30(18-22-32)26-54-60(51,53-25-29-15-19-31(20-16-29)55-36(45)13-7-5-2)58-59(49,50)52-27-34-33(42-43-40)23-35(57-34)44-24-28(3)38(47)41-39(44)48;/h15-22,24,33-35H,4-14,23,25-27H2,1-3H3,(H,49,50)(H,41,47,48);1H3/t33?,34-,35-,60?;/m1./s1. The van der Waals surface area contributed by atoms with Crippen molar-refractivity contribution < 1.29 is 55.7 Å². The SMILES string of the molecule is CCCCCCCCCC(=O)Oc1ccc(COP(=O)(OCc2ccc(OC(=O)CCCC)cc2)OP(=O)(O)OC[C@H]2O[C@@H](n3cc(C)c(=O)[nH]c3=O)CC2N=[N+]=[N-])cc1.N. The predicted octanol–water partition coefficient (Wildman–Crippen LogP) is 8.79. The third-order valence-corrected chi connectivity index (χ3v) is 12.3. The maximum atomic E-state index is 14.0. The number of nitrogens with zero attached hydrogens (tertiary/aromatic N) is 4. The Bertz CT molecular complexity index is 2130. The van der Waals surface area contributed by atoms with Gasteiger partial charge in [-0.15, -0.1) is 0 Å². The van der Waals surface area contributed by atoms with Gasteiger partial charge in [0.2, 0.25) is 0 Å². The van der Waals surface area contributed by atoms with Crippen molar-refractivity contribution in [3.8, 4) is 11.5 Å². The number of carbonyl (C=O) groups is 2. The molecule has 0 bridgehead atoms. The number of hydrogen-bond donors (Lipinski definition) is 3. The first-order valence-electron chi connectivity index (χ1n) is 19.9. The number of aryl methyl sites for hydroxylation is 1. The summed E-state index contributed by atoms with van der Waals surface area (Å²) in [5.41, 5.74) is 8.77. The normalized spacial score (nSPS) is 17.9. The van der Waals surface area contributed by atoms with Crippen molar-refractivity contribution >= 4 is 27.6 Å². The Labute approximate surface area is 353 Å². The molecule has 1 aliphatic heterocycles. The summed E-state index contributed by atoms with van der Waals surface area (Å²) >= 11 is 0. The van der Waals surface area contributed by atoms with Crippen LogP contribution in [0.25, 0.3) is 10.4 Å². The van der Waals surface area contributed by atoms with Gasteiger partial charge in [-0.05, 0) is 60.7 Å². The minimum Gasteiger partial charge on any atom is -0.427 e. The van der Waals surface area contributed by atoms with Gasteiger partial charge in [-0.25, -0.2) is 13.9 Å². The van der Waals surface area contributed by atoms with E-state index in [9.17, 15) is 33.2 Å². The average molecular weight is 895 g/mol. The van der Waals surface area contributed by atoms with Crippen molar-refractivity contribution in [1.29, 1.82) is 0 Å². The van der Waals surface area contributed by atoms with Crippen molar-refractivity contribution in [2.45, 2.75) is 129 Å². The number of H-pyrrole nitrogens is 1. The van der Waals surface area contributed by atoms with Crippen molar-refractivity contribution in [2.24, 2.45) is 5.11 Å². The Kier molecular flexibility index (Phi) is 21.3. The molecule has 0 aliphatic carbocycles. The van der Waals surface area contributed by atoms with Crippen LogP contribution in [0, 0.1) is 6.92 Å². The van der Waals surface area contributed by atoms with Crippen molar-refractivity contribution in [1.82, 2.24) is 15.7 Å². The van der Waals surface area contributed by atoms with E-state index in [1.165, 1.54) is 80.9 Å². The molecule has 5 N–H and O–H groups in total. The Balaban J connectivity index is 0.00000992. The third-order valence-electron chi connectivity index (χ3n) is 9.27. The van der Waals surface area contributed by atoms with E-state index in [1.807, 2.05) is 6.92 Å². The number of phosphoric ester groups is 2. The fourth-order valence-electron chi connectivity index (χ4n) is 5.95. The smallest absolute Gasteiger partial charge is 0.427 e. The summed E-state index contributed by atoms with van der Waals surface area (Å²) in [6.45, 7) is 3.95. The van der Waals surface area contributed by atoms with Gasteiger partial charge < -0.3 is 25.3 Å². The van der Waals surface area contributed by atoms with Crippen LogP contribution in [0.15, 0.2) is 69.4 Å². The molecule has 1 saturated heterocycles. The van der Waals surface area contributed by atoms with Gasteiger partial charge in [-0.3, -0.25) is 37.5 Å². The third kappa shape index (κ3) is 17.4. The van der Waals surface area contributed by atoms with Crippen LogP contribution in [-0.2, 0) is 54.6 Å². The topological polar surface area (TPSA) is 292 Å². The Hall–Kier alpha value is -4.45. The molecule has 0 radical (unpaired) electrons. The van der Waals surface area contributed by atoms with Gasteiger partial charge in [0.25, 0.3) is 5.56 Å². The Morgan fingerprint density at radius 1 is 0.852 bits per heavy atom. The maximum Gasteiger partial charge on any atom is 0.484 e. The first-order valence-corrected chi connectivity index (χ1v) is 22.9. The summed E-state index contributed by atoms with van der Waals surface area (Å²) < 4.78 is 66.2. The molecule has 5 atom stereocenters. The number of benzene rings is 2. The van der Waals surface area contributed by atoms with Crippen molar-refractivity contribution in [3.05, 3.63) is 103 Å². The number of unbranched alkanes of at least 4 members (excludes halogenated alkanes) is 7. The average Bonchev–Trinajstić information content (AvgIpc) is 3.62. The van der Waals surface area contributed by atoms with Crippen LogP contribution in [0.2, 0.25) is 0 Å². The van der Waals surface area contributed by atoms with Crippen LogP contribution < -0.4 is 26.9 Å². The van der Waals surface area contributed by atoms with E-state index in [4.69, 9.17) is 37.6 Å². The molecule has 336 valence electrons. The highest BCUT2D eigenvalue weighted by molar-refractivity contribution is 7.61. The van der Waals surface area contributed by atoms with Gasteiger partial charge in [-0.1, -0.05) is 88.2 Å². The zero-order valence-electron chi connectivity index (χ0n) is 34.7. The number of hydrogen-bond acceptors (Lipinski definition) is 15. The fraction of sp³-hybridized carbons (Fsp3) is 0.538. The Morgan fingerprint density at radius 2 is 1.38 bits per heavy atom. The molecule has 1 aromatic heterocycles. The lowest BCUT2D eigenvalue weighted by atomic mass is 10.1. The molecule has 4 rings (SSSR count). The predicted molar refractivity (Wildman–Crippen MR) is 223 cm³/mol. The number of rotatable bonds is 26. The van der Waals surface area contributed by atoms with Gasteiger partial charge >= 0.3 is 33.3 Å². The minimum absolute atomic E-state index is 0. The highest BCUT2D eigenvalue weighted by Gasteiger charge is 2.42. The van der Waals surface area contributed by atoms with Crippen LogP contribution >= 0.6 is 15.6 Å².